The normalized spacial score (nSPS) is 16.8. The van der Waals surface area contributed by atoms with Gasteiger partial charge in [0.1, 0.15) is 0 Å². The molecule has 1 fully saturated rings. The Bertz CT molecular complexity index is 421. The Morgan fingerprint density at radius 2 is 1.61 bits per heavy atom. The topological polar surface area (TPSA) is 20.3 Å². The fraction of sp³-hybridized carbons (Fsp3) is 0.562. The molecule has 1 saturated heterocycles. The Morgan fingerprint density at radius 3 is 2.17 bits per heavy atom. The van der Waals surface area contributed by atoms with Crippen molar-refractivity contribution in [3.8, 4) is 0 Å². The number of Topliss-reactive ketones (excluding diaryl/α,β-unsaturated/α-hetero) is 1. The highest BCUT2D eigenvalue weighted by Gasteiger charge is 2.18. The molecule has 0 aromatic heterocycles. The summed E-state index contributed by atoms with van der Waals surface area (Å²) in [4.78, 5) is 14.7. The van der Waals surface area contributed by atoms with E-state index in [0.717, 1.165) is 29.8 Å². The Kier molecular flexibility index (Phi) is 4.18. The van der Waals surface area contributed by atoms with Crippen LogP contribution in [-0.4, -0.2) is 30.3 Å². The molecular formula is C16H23NO. The summed E-state index contributed by atoms with van der Waals surface area (Å²) < 4.78 is 0. The van der Waals surface area contributed by atoms with Crippen LogP contribution in [0.25, 0.3) is 0 Å². The number of benzene rings is 1. The van der Waals surface area contributed by atoms with Crippen LogP contribution in [0.1, 0.15) is 46.3 Å². The summed E-state index contributed by atoms with van der Waals surface area (Å²) >= 11 is 0. The van der Waals surface area contributed by atoms with E-state index in [-0.39, 0.29) is 5.78 Å². The monoisotopic (exact) mass is 245 g/mol. The molecule has 2 heteroatoms. The molecule has 1 heterocycles. The fourth-order valence-electron chi connectivity index (χ4n) is 3.02. The first-order valence-corrected chi connectivity index (χ1v) is 6.91. The van der Waals surface area contributed by atoms with Gasteiger partial charge < -0.3 is 0 Å². The molecule has 1 aliphatic rings. The number of aryl methyl sites for hydroxylation is 3. The lowest BCUT2D eigenvalue weighted by Gasteiger charge is -2.26. The second-order valence-electron chi connectivity index (χ2n) is 5.53. The van der Waals surface area contributed by atoms with Crippen molar-refractivity contribution in [2.75, 3.05) is 19.6 Å². The predicted octanol–water partition coefficient (Wildman–Crippen LogP) is 3.28. The van der Waals surface area contributed by atoms with Crippen molar-refractivity contribution in [2.45, 2.75) is 40.0 Å². The molecule has 2 rings (SSSR count). The highest BCUT2D eigenvalue weighted by Crippen LogP contribution is 2.18. The summed E-state index contributed by atoms with van der Waals surface area (Å²) in [5.74, 6) is 0.284. The van der Waals surface area contributed by atoms with E-state index < -0.39 is 0 Å². The zero-order valence-corrected chi connectivity index (χ0v) is 11.8. The maximum absolute atomic E-state index is 12.4. The van der Waals surface area contributed by atoms with Gasteiger partial charge in [0.15, 0.2) is 5.78 Å². The minimum atomic E-state index is 0.284. The summed E-state index contributed by atoms with van der Waals surface area (Å²) in [7, 11) is 0. The van der Waals surface area contributed by atoms with E-state index in [2.05, 4.69) is 24.0 Å². The van der Waals surface area contributed by atoms with Crippen molar-refractivity contribution < 1.29 is 4.79 Å². The first kappa shape index (κ1) is 13.3. The van der Waals surface area contributed by atoms with Crippen LogP contribution in [0.2, 0.25) is 0 Å². The third-order valence-electron chi connectivity index (χ3n) is 3.77. The predicted molar refractivity (Wildman–Crippen MR) is 75.3 cm³/mol. The first-order chi connectivity index (χ1) is 8.58. The smallest absolute Gasteiger partial charge is 0.177 e. The Balaban J connectivity index is 2.13. The second kappa shape index (κ2) is 5.66. The third kappa shape index (κ3) is 2.99. The van der Waals surface area contributed by atoms with Gasteiger partial charge in [-0.2, -0.15) is 0 Å². The second-order valence-corrected chi connectivity index (χ2v) is 5.53. The van der Waals surface area contributed by atoms with E-state index in [1.165, 1.54) is 24.8 Å². The number of rotatable bonds is 3. The average molecular weight is 245 g/mol. The summed E-state index contributed by atoms with van der Waals surface area (Å²) in [6.07, 6.45) is 3.78. The summed E-state index contributed by atoms with van der Waals surface area (Å²) in [5, 5.41) is 0. The largest absolute Gasteiger partial charge is 0.296 e. The quantitative estimate of drug-likeness (QED) is 0.762. The van der Waals surface area contributed by atoms with Crippen molar-refractivity contribution in [1.82, 2.24) is 4.90 Å². The van der Waals surface area contributed by atoms with Gasteiger partial charge in [-0.15, -0.1) is 0 Å². The molecule has 0 spiro atoms. The van der Waals surface area contributed by atoms with Crippen LogP contribution in [0, 0.1) is 20.8 Å². The van der Waals surface area contributed by atoms with Gasteiger partial charge in [-0.3, -0.25) is 9.69 Å². The van der Waals surface area contributed by atoms with Crippen LogP contribution in [-0.2, 0) is 0 Å². The maximum Gasteiger partial charge on any atom is 0.177 e. The number of nitrogens with zero attached hydrogens (tertiary/aromatic N) is 1. The number of piperidine rings is 1. The minimum absolute atomic E-state index is 0.284. The number of hydrogen-bond acceptors (Lipinski definition) is 2. The van der Waals surface area contributed by atoms with Crippen molar-refractivity contribution in [3.63, 3.8) is 0 Å². The third-order valence-corrected chi connectivity index (χ3v) is 3.77. The number of carbonyl (C=O) groups excluding carboxylic acids is 1. The molecule has 0 amide bonds. The van der Waals surface area contributed by atoms with Crippen molar-refractivity contribution in [1.29, 1.82) is 0 Å². The van der Waals surface area contributed by atoms with Gasteiger partial charge >= 0.3 is 0 Å². The van der Waals surface area contributed by atoms with Gasteiger partial charge in [0.2, 0.25) is 0 Å². The highest BCUT2D eigenvalue weighted by atomic mass is 16.1. The van der Waals surface area contributed by atoms with Crippen LogP contribution in [0.5, 0.6) is 0 Å². The molecule has 98 valence electrons. The maximum atomic E-state index is 12.4. The standard InChI is InChI=1S/C16H23NO/c1-12-9-13(2)16(14(3)10-12)15(18)11-17-7-5-4-6-8-17/h9-10H,4-8,11H2,1-3H3. The van der Waals surface area contributed by atoms with E-state index in [4.69, 9.17) is 0 Å². The van der Waals surface area contributed by atoms with E-state index in [1.54, 1.807) is 0 Å². The first-order valence-electron chi connectivity index (χ1n) is 6.91. The van der Waals surface area contributed by atoms with E-state index in [0.29, 0.717) is 6.54 Å². The van der Waals surface area contributed by atoms with Crippen LogP contribution in [0.15, 0.2) is 12.1 Å². The Hall–Kier alpha value is -1.15. The molecule has 0 bridgehead atoms. The molecule has 18 heavy (non-hydrogen) atoms. The number of likely N-dealkylation sites (tertiary alicyclic amines) is 1. The van der Waals surface area contributed by atoms with E-state index >= 15 is 0 Å². The molecule has 0 saturated carbocycles. The lowest BCUT2D eigenvalue weighted by Crippen LogP contribution is -2.34. The molecule has 0 unspecified atom stereocenters. The van der Waals surface area contributed by atoms with Crippen LogP contribution in [0.4, 0.5) is 0 Å². The van der Waals surface area contributed by atoms with Gasteiger partial charge in [-0.1, -0.05) is 24.1 Å². The van der Waals surface area contributed by atoms with Gasteiger partial charge in [-0.25, -0.2) is 0 Å². The zero-order chi connectivity index (χ0) is 13.1. The molecule has 1 aromatic rings. The summed E-state index contributed by atoms with van der Waals surface area (Å²) in [6, 6.07) is 4.22. The molecule has 0 N–H and O–H groups in total. The Morgan fingerprint density at radius 1 is 1.06 bits per heavy atom. The minimum Gasteiger partial charge on any atom is -0.296 e. The van der Waals surface area contributed by atoms with E-state index in [1.807, 2.05) is 13.8 Å². The zero-order valence-electron chi connectivity index (χ0n) is 11.8. The highest BCUT2D eigenvalue weighted by molar-refractivity contribution is 6.00. The fourth-order valence-corrected chi connectivity index (χ4v) is 3.02. The lowest BCUT2D eigenvalue weighted by molar-refractivity contribution is 0.0914. The van der Waals surface area contributed by atoms with Gasteiger partial charge in [0.05, 0.1) is 6.54 Å². The number of hydrogen-bond donors (Lipinski definition) is 0. The molecule has 0 atom stereocenters. The SMILES string of the molecule is Cc1cc(C)c(C(=O)CN2CCCCC2)c(C)c1. The summed E-state index contributed by atoms with van der Waals surface area (Å²) in [5.41, 5.74) is 4.41. The van der Waals surface area contributed by atoms with Gasteiger partial charge in [-0.05, 0) is 57.8 Å². The molecule has 1 aromatic carbocycles. The molecule has 2 nitrogen and oxygen atoms in total. The van der Waals surface area contributed by atoms with Gasteiger partial charge in [0.25, 0.3) is 0 Å². The summed E-state index contributed by atoms with van der Waals surface area (Å²) in [6.45, 7) is 8.92. The van der Waals surface area contributed by atoms with Crippen LogP contribution in [0.3, 0.4) is 0 Å². The van der Waals surface area contributed by atoms with Crippen molar-refractivity contribution >= 4 is 5.78 Å². The van der Waals surface area contributed by atoms with Crippen molar-refractivity contribution in [3.05, 3.63) is 34.4 Å². The number of carbonyl (C=O) groups is 1. The molecule has 1 aliphatic heterocycles. The van der Waals surface area contributed by atoms with E-state index in [9.17, 15) is 4.79 Å². The van der Waals surface area contributed by atoms with Gasteiger partial charge in [0, 0.05) is 5.56 Å². The van der Waals surface area contributed by atoms with Crippen LogP contribution < -0.4 is 0 Å². The molecule has 0 aliphatic carbocycles. The van der Waals surface area contributed by atoms with Crippen molar-refractivity contribution in [2.24, 2.45) is 0 Å². The Labute approximate surface area is 110 Å². The molecular weight excluding hydrogens is 222 g/mol. The average Bonchev–Trinajstić information content (AvgIpc) is 2.28. The molecule has 0 radical (unpaired) electrons. The lowest BCUT2D eigenvalue weighted by atomic mass is 9.96. The number of ketones is 1. The van der Waals surface area contributed by atoms with Crippen LogP contribution >= 0.6 is 0 Å².